The maximum atomic E-state index is 7.17. The van der Waals surface area contributed by atoms with Crippen molar-refractivity contribution in [3.63, 3.8) is 0 Å². The molecule has 0 N–H and O–H groups in total. The average molecular weight is 882 g/mol. The van der Waals surface area contributed by atoms with E-state index in [-0.39, 0.29) is 0 Å². The van der Waals surface area contributed by atoms with Crippen LogP contribution in [-0.2, 0) is 0 Å². The van der Waals surface area contributed by atoms with Crippen molar-refractivity contribution in [1.82, 2.24) is 24.1 Å². The highest BCUT2D eigenvalue weighted by atomic mass is 16.3. The van der Waals surface area contributed by atoms with Gasteiger partial charge in [-0.15, -0.1) is 0 Å². The lowest BCUT2D eigenvalue weighted by atomic mass is 9.92. The molecule has 0 saturated carbocycles. The summed E-state index contributed by atoms with van der Waals surface area (Å²) in [5.41, 5.74) is 15.2. The zero-order valence-corrected chi connectivity index (χ0v) is 37.2. The average Bonchev–Trinajstić information content (AvgIpc) is 4.08. The minimum atomic E-state index is 0.593. The van der Waals surface area contributed by atoms with E-state index in [4.69, 9.17) is 19.4 Å². The number of fused-ring (bicyclic) bond motifs is 10. The zero-order chi connectivity index (χ0) is 45.4. The van der Waals surface area contributed by atoms with E-state index in [2.05, 4.69) is 185 Å². The summed E-state index contributed by atoms with van der Waals surface area (Å²) in [5, 5.41) is 6.75. The molecule has 0 saturated heterocycles. The summed E-state index contributed by atoms with van der Waals surface area (Å²) in [6.45, 7) is 0. The fraction of sp³-hybridized carbons (Fsp3) is 0. The first-order chi connectivity index (χ1) is 34.2. The van der Waals surface area contributed by atoms with Gasteiger partial charge in [0.1, 0.15) is 11.2 Å². The molecular formula is C63H39N5O. The van der Waals surface area contributed by atoms with Crippen molar-refractivity contribution in [3.8, 4) is 67.8 Å². The van der Waals surface area contributed by atoms with E-state index in [1.54, 1.807) is 0 Å². The molecule has 6 nitrogen and oxygen atoms in total. The standard InChI is InChI=1S/C63H39N5O/c1-6-20-40(21-7-1)49-36-44(63-65-61(42-24-10-3-11-25-42)64-62(66-63)43-26-12-4-13-27-43)37-50(41-22-8-2-9-23-41)59(49)68-54-33-19-17-31-48(54)58-55(68)35-34-47-52-38-51-46-30-16-18-32-53(46)67(45-28-14-5-15-29-45)56(51)39-57(52)69-60(47)58/h1-39H. The minimum Gasteiger partial charge on any atom is -0.455 e. The van der Waals surface area contributed by atoms with Crippen LogP contribution in [0.3, 0.4) is 0 Å². The summed E-state index contributed by atoms with van der Waals surface area (Å²) in [4.78, 5) is 15.5. The van der Waals surface area contributed by atoms with E-state index in [0.29, 0.717) is 17.5 Å². The van der Waals surface area contributed by atoms with Crippen LogP contribution < -0.4 is 0 Å². The van der Waals surface area contributed by atoms with Crippen molar-refractivity contribution >= 4 is 65.6 Å². The van der Waals surface area contributed by atoms with Crippen molar-refractivity contribution in [3.05, 3.63) is 237 Å². The van der Waals surface area contributed by atoms with E-state index >= 15 is 0 Å². The molecule has 10 aromatic carbocycles. The number of hydrogen-bond acceptors (Lipinski definition) is 4. The predicted molar refractivity (Wildman–Crippen MR) is 283 cm³/mol. The van der Waals surface area contributed by atoms with Crippen LogP contribution in [0.15, 0.2) is 241 Å². The van der Waals surface area contributed by atoms with E-state index in [0.717, 1.165) is 99.6 Å². The minimum absolute atomic E-state index is 0.593. The SMILES string of the molecule is c1ccc(-c2nc(-c3ccccc3)nc(-c3cc(-c4ccccc4)c(-n4c5ccccc5c5c6oc7cc8c(cc7c6ccc54)c4ccccc4n8-c4ccccc4)c(-c4ccccc4)c3)n2)cc1. The van der Waals surface area contributed by atoms with E-state index in [1.807, 2.05) is 60.7 Å². The van der Waals surface area contributed by atoms with E-state index in [1.165, 1.54) is 16.3 Å². The Kier molecular flexibility index (Phi) is 8.79. The molecule has 0 fully saturated rings. The maximum absolute atomic E-state index is 7.17. The lowest BCUT2D eigenvalue weighted by molar-refractivity contribution is 0.673. The van der Waals surface area contributed by atoms with Crippen LogP contribution in [0.1, 0.15) is 0 Å². The molecule has 0 amide bonds. The van der Waals surface area contributed by atoms with Crippen molar-refractivity contribution < 1.29 is 4.42 Å². The zero-order valence-electron chi connectivity index (χ0n) is 37.2. The number of para-hydroxylation sites is 3. The normalized spacial score (nSPS) is 11.8. The predicted octanol–water partition coefficient (Wildman–Crippen LogP) is 16.3. The molecule has 4 aromatic heterocycles. The second kappa shape index (κ2) is 15.6. The third kappa shape index (κ3) is 6.23. The number of nitrogens with zero attached hydrogens (tertiary/aromatic N) is 5. The summed E-state index contributed by atoms with van der Waals surface area (Å²) in [6.07, 6.45) is 0. The number of hydrogen-bond donors (Lipinski definition) is 0. The summed E-state index contributed by atoms with van der Waals surface area (Å²) in [7, 11) is 0. The van der Waals surface area contributed by atoms with E-state index in [9.17, 15) is 0 Å². The number of aromatic nitrogens is 5. The Labute approximate surface area is 396 Å². The van der Waals surface area contributed by atoms with Crippen molar-refractivity contribution in [2.24, 2.45) is 0 Å². The molecule has 4 heterocycles. The third-order valence-corrected chi connectivity index (χ3v) is 13.5. The molecule has 14 rings (SSSR count). The molecule has 322 valence electrons. The lowest BCUT2D eigenvalue weighted by Gasteiger charge is -2.21. The first kappa shape index (κ1) is 38.8. The molecule has 0 atom stereocenters. The number of furan rings is 1. The van der Waals surface area contributed by atoms with Gasteiger partial charge in [0.25, 0.3) is 0 Å². The molecule has 0 radical (unpaired) electrons. The van der Waals surface area contributed by atoms with Crippen molar-refractivity contribution in [2.75, 3.05) is 0 Å². The van der Waals surface area contributed by atoms with Gasteiger partial charge in [-0.3, -0.25) is 0 Å². The van der Waals surface area contributed by atoms with Gasteiger partial charge in [0.2, 0.25) is 0 Å². The molecule has 0 unspecified atom stereocenters. The van der Waals surface area contributed by atoms with Gasteiger partial charge in [0.05, 0.1) is 33.1 Å². The summed E-state index contributed by atoms with van der Waals surface area (Å²) in [5.74, 6) is 1.83. The molecule has 14 aromatic rings. The Balaban J connectivity index is 1.06. The molecule has 0 aliphatic carbocycles. The maximum Gasteiger partial charge on any atom is 0.164 e. The summed E-state index contributed by atoms with van der Waals surface area (Å²) in [6, 6.07) is 83.2. The van der Waals surface area contributed by atoms with Crippen LogP contribution in [0.25, 0.3) is 133 Å². The van der Waals surface area contributed by atoms with Crippen LogP contribution in [0, 0.1) is 0 Å². The molecule has 0 aliphatic heterocycles. The Hall–Kier alpha value is -9.39. The lowest BCUT2D eigenvalue weighted by Crippen LogP contribution is -2.04. The van der Waals surface area contributed by atoms with Gasteiger partial charge in [-0.1, -0.05) is 176 Å². The second-order valence-corrected chi connectivity index (χ2v) is 17.5. The van der Waals surface area contributed by atoms with Crippen LogP contribution in [0.5, 0.6) is 0 Å². The highest BCUT2D eigenvalue weighted by Crippen LogP contribution is 2.47. The van der Waals surface area contributed by atoms with Gasteiger partial charge in [-0.05, 0) is 65.7 Å². The molecular weight excluding hydrogens is 843 g/mol. The van der Waals surface area contributed by atoms with Gasteiger partial charge in [0.15, 0.2) is 17.5 Å². The summed E-state index contributed by atoms with van der Waals surface area (Å²) < 4.78 is 12.0. The number of rotatable bonds is 7. The van der Waals surface area contributed by atoms with Crippen molar-refractivity contribution in [1.29, 1.82) is 0 Å². The largest absolute Gasteiger partial charge is 0.455 e. The highest BCUT2D eigenvalue weighted by Gasteiger charge is 2.26. The second-order valence-electron chi connectivity index (χ2n) is 17.5. The van der Waals surface area contributed by atoms with Gasteiger partial charge >= 0.3 is 0 Å². The quantitative estimate of drug-likeness (QED) is 0.160. The monoisotopic (exact) mass is 881 g/mol. The molecule has 0 spiro atoms. The Morgan fingerprint density at radius 3 is 1.36 bits per heavy atom. The Morgan fingerprint density at radius 2 is 0.783 bits per heavy atom. The first-order valence-corrected chi connectivity index (χ1v) is 23.3. The van der Waals surface area contributed by atoms with Gasteiger partial charge in [0, 0.05) is 66.5 Å². The van der Waals surface area contributed by atoms with Crippen LogP contribution in [-0.4, -0.2) is 24.1 Å². The number of benzene rings is 10. The molecule has 0 bridgehead atoms. The summed E-state index contributed by atoms with van der Waals surface area (Å²) >= 11 is 0. The highest BCUT2D eigenvalue weighted by molar-refractivity contribution is 6.26. The smallest absolute Gasteiger partial charge is 0.164 e. The molecule has 69 heavy (non-hydrogen) atoms. The topological polar surface area (TPSA) is 61.7 Å². The van der Waals surface area contributed by atoms with Crippen LogP contribution in [0.4, 0.5) is 0 Å². The molecule has 6 heteroatoms. The fourth-order valence-corrected chi connectivity index (χ4v) is 10.5. The van der Waals surface area contributed by atoms with E-state index < -0.39 is 0 Å². The van der Waals surface area contributed by atoms with Gasteiger partial charge < -0.3 is 13.6 Å². The third-order valence-electron chi connectivity index (χ3n) is 13.5. The van der Waals surface area contributed by atoms with Gasteiger partial charge in [-0.25, -0.2) is 15.0 Å². The van der Waals surface area contributed by atoms with Crippen LogP contribution in [0.2, 0.25) is 0 Å². The van der Waals surface area contributed by atoms with Crippen LogP contribution >= 0.6 is 0 Å². The molecule has 0 aliphatic rings. The van der Waals surface area contributed by atoms with Crippen molar-refractivity contribution in [2.45, 2.75) is 0 Å². The Bertz CT molecular complexity index is 4150. The Morgan fingerprint density at radius 1 is 0.304 bits per heavy atom. The fourth-order valence-electron chi connectivity index (χ4n) is 10.5. The first-order valence-electron chi connectivity index (χ1n) is 23.3. The van der Waals surface area contributed by atoms with Gasteiger partial charge in [-0.2, -0.15) is 0 Å².